The molecule has 0 saturated carbocycles. The molecule has 22 heavy (non-hydrogen) atoms. The fraction of sp³-hybridized carbons (Fsp3) is 0.400. The van der Waals surface area contributed by atoms with Crippen LogP contribution in [0.2, 0.25) is 0 Å². The van der Waals surface area contributed by atoms with Gasteiger partial charge in [0, 0.05) is 44.5 Å². The highest BCUT2D eigenvalue weighted by Crippen LogP contribution is 2.26. The molecule has 1 atom stereocenters. The van der Waals surface area contributed by atoms with Crippen LogP contribution >= 0.6 is 0 Å². The number of carbonyl (C=O) groups is 1. The smallest absolute Gasteiger partial charge is 0.219 e. The Bertz CT molecular complexity index is 647. The highest BCUT2D eigenvalue weighted by Gasteiger charge is 2.24. The molecule has 3 heterocycles. The molecular formula is C15H18N6O. The van der Waals surface area contributed by atoms with Gasteiger partial charge in [0.15, 0.2) is 0 Å². The van der Waals surface area contributed by atoms with E-state index in [-0.39, 0.29) is 11.8 Å². The fourth-order valence-electron chi connectivity index (χ4n) is 2.64. The summed E-state index contributed by atoms with van der Waals surface area (Å²) in [6.07, 6.45) is 10.3. The summed E-state index contributed by atoms with van der Waals surface area (Å²) in [7, 11) is 0. The van der Waals surface area contributed by atoms with E-state index in [4.69, 9.17) is 0 Å². The van der Waals surface area contributed by atoms with Crippen molar-refractivity contribution in [3.8, 4) is 0 Å². The van der Waals surface area contributed by atoms with E-state index in [1.165, 1.54) is 0 Å². The number of aromatic nitrogens is 4. The van der Waals surface area contributed by atoms with Crippen molar-refractivity contribution in [2.75, 3.05) is 18.4 Å². The molecular weight excluding hydrogens is 280 g/mol. The van der Waals surface area contributed by atoms with E-state index in [2.05, 4.69) is 25.3 Å². The first kappa shape index (κ1) is 14.4. The van der Waals surface area contributed by atoms with Crippen molar-refractivity contribution in [3.05, 3.63) is 36.7 Å². The van der Waals surface area contributed by atoms with Crippen molar-refractivity contribution in [3.63, 3.8) is 0 Å². The third kappa shape index (κ3) is 3.36. The van der Waals surface area contributed by atoms with Gasteiger partial charge in [-0.1, -0.05) is 0 Å². The molecule has 0 radical (unpaired) electrons. The Hall–Kier alpha value is -2.57. The Morgan fingerprint density at radius 3 is 2.86 bits per heavy atom. The number of likely N-dealkylation sites (tertiary alicyclic amines) is 1. The molecule has 0 aliphatic carbocycles. The van der Waals surface area contributed by atoms with E-state index in [0.717, 1.165) is 25.1 Å². The molecule has 114 valence electrons. The van der Waals surface area contributed by atoms with Gasteiger partial charge in [0.25, 0.3) is 0 Å². The van der Waals surface area contributed by atoms with Crippen LogP contribution in [0.25, 0.3) is 0 Å². The second-order valence-corrected chi connectivity index (χ2v) is 5.35. The Morgan fingerprint density at radius 1 is 1.23 bits per heavy atom. The van der Waals surface area contributed by atoms with Crippen LogP contribution in [0.3, 0.4) is 0 Å². The summed E-state index contributed by atoms with van der Waals surface area (Å²) in [6.45, 7) is 3.15. The molecule has 2 aromatic heterocycles. The van der Waals surface area contributed by atoms with Gasteiger partial charge in [-0.2, -0.15) is 0 Å². The molecule has 3 rings (SSSR count). The van der Waals surface area contributed by atoms with Gasteiger partial charge in [0.1, 0.15) is 11.6 Å². The predicted molar refractivity (Wildman–Crippen MR) is 81.6 cm³/mol. The summed E-state index contributed by atoms with van der Waals surface area (Å²) in [5, 5.41) is 3.09. The lowest BCUT2D eigenvalue weighted by Crippen LogP contribution is -2.37. The number of hydrogen-bond donors (Lipinski definition) is 1. The normalized spacial score (nSPS) is 18.0. The van der Waals surface area contributed by atoms with Crippen LogP contribution in [0.5, 0.6) is 0 Å². The number of nitrogens with zero attached hydrogens (tertiary/aromatic N) is 5. The van der Waals surface area contributed by atoms with Crippen molar-refractivity contribution < 1.29 is 4.79 Å². The zero-order valence-electron chi connectivity index (χ0n) is 12.4. The lowest BCUT2D eigenvalue weighted by atomic mass is 9.95. The van der Waals surface area contributed by atoms with Crippen molar-refractivity contribution in [1.82, 2.24) is 24.8 Å². The average Bonchev–Trinajstić information content (AvgIpc) is 2.56. The molecule has 1 aliphatic heterocycles. The summed E-state index contributed by atoms with van der Waals surface area (Å²) < 4.78 is 0. The Kier molecular flexibility index (Phi) is 4.22. The second kappa shape index (κ2) is 6.46. The number of nitrogens with one attached hydrogen (secondary N) is 1. The van der Waals surface area contributed by atoms with Crippen molar-refractivity contribution in [1.29, 1.82) is 0 Å². The van der Waals surface area contributed by atoms with Gasteiger partial charge in [-0.15, -0.1) is 0 Å². The van der Waals surface area contributed by atoms with E-state index in [0.29, 0.717) is 18.2 Å². The van der Waals surface area contributed by atoms with Gasteiger partial charge in [0.2, 0.25) is 5.91 Å². The molecule has 1 amide bonds. The fourth-order valence-corrected chi connectivity index (χ4v) is 2.64. The Labute approximate surface area is 128 Å². The molecule has 0 spiro atoms. The van der Waals surface area contributed by atoms with Gasteiger partial charge >= 0.3 is 0 Å². The summed E-state index contributed by atoms with van der Waals surface area (Å²) >= 11 is 0. The summed E-state index contributed by atoms with van der Waals surface area (Å²) in [4.78, 5) is 30.4. The molecule has 7 nitrogen and oxygen atoms in total. The van der Waals surface area contributed by atoms with Crippen molar-refractivity contribution in [2.45, 2.75) is 25.7 Å². The van der Waals surface area contributed by atoms with Crippen LogP contribution in [0.1, 0.15) is 31.4 Å². The van der Waals surface area contributed by atoms with E-state index < -0.39 is 0 Å². The van der Waals surface area contributed by atoms with Gasteiger partial charge in [-0.05, 0) is 12.8 Å². The van der Waals surface area contributed by atoms with Gasteiger partial charge in [-0.3, -0.25) is 14.8 Å². The molecule has 1 N–H and O–H groups in total. The third-order valence-corrected chi connectivity index (χ3v) is 3.76. The van der Waals surface area contributed by atoms with Gasteiger partial charge < -0.3 is 10.2 Å². The predicted octanol–water partition coefficient (Wildman–Crippen LogP) is 1.74. The molecule has 0 aromatic carbocycles. The largest absolute Gasteiger partial charge is 0.342 e. The number of rotatable bonds is 3. The Morgan fingerprint density at radius 2 is 2.09 bits per heavy atom. The van der Waals surface area contributed by atoms with Crippen LogP contribution < -0.4 is 5.32 Å². The highest BCUT2D eigenvalue weighted by atomic mass is 16.2. The third-order valence-electron chi connectivity index (χ3n) is 3.76. The number of anilines is 2. The minimum Gasteiger partial charge on any atom is -0.342 e. The minimum absolute atomic E-state index is 0.117. The summed E-state index contributed by atoms with van der Waals surface area (Å²) in [5.41, 5.74) is 0.903. The zero-order chi connectivity index (χ0) is 15.4. The number of hydrogen-bond acceptors (Lipinski definition) is 6. The van der Waals surface area contributed by atoms with E-state index in [1.807, 2.05) is 4.90 Å². The molecule has 2 aromatic rings. The zero-order valence-corrected chi connectivity index (χ0v) is 12.4. The summed E-state index contributed by atoms with van der Waals surface area (Å²) in [6, 6.07) is 0. The minimum atomic E-state index is 0.117. The van der Waals surface area contributed by atoms with Crippen LogP contribution in [0.15, 0.2) is 31.0 Å². The lowest BCUT2D eigenvalue weighted by molar-refractivity contribution is -0.130. The SMILES string of the molecule is CC(=O)N1CCC[C@H](c2cncc(Nc3cnccn3)n2)C1. The van der Waals surface area contributed by atoms with Gasteiger partial charge in [-0.25, -0.2) is 9.97 Å². The molecule has 0 bridgehead atoms. The van der Waals surface area contributed by atoms with Crippen LogP contribution in [0.4, 0.5) is 11.6 Å². The molecule has 1 saturated heterocycles. The number of amides is 1. The quantitative estimate of drug-likeness (QED) is 0.929. The van der Waals surface area contributed by atoms with Crippen molar-refractivity contribution >= 4 is 17.5 Å². The van der Waals surface area contributed by atoms with Gasteiger partial charge in [0.05, 0.1) is 18.1 Å². The first-order valence-electron chi connectivity index (χ1n) is 7.33. The monoisotopic (exact) mass is 298 g/mol. The number of carbonyl (C=O) groups excluding carboxylic acids is 1. The molecule has 1 aliphatic rings. The summed E-state index contributed by atoms with van der Waals surface area (Å²) in [5.74, 6) is 1.61. The second-order valence-electron chi connectivity index (χ2n) is 5.35. The van der Waals surface area contributed by atoms with Crippen molar-refractivity contribution in [2.24, 2.45) is 0 Å². The lowest BCUT2D eigenvalue weighted by Gasteiger charge is -2.31. The maximum Gasteiger partial charge on any atom is 0.219 e. The Balaban J connectivity index is 1.75. The van der Waals surface area contributed by atoms with Crippen LogP contribution in [0, 0.1) is 0 Å². The molecule has 7 heteroatoms. The highest BCUT2D eigenvalue weighted by molar-refractivity contribution is 5.73. The van der Waals surface area contributed by atoms with E-state index in [9.17, 15) is 4.79 Å². The topological polar surface area (TPSA) is 83.9 Å². The van der Waals surface area contributed by atoms with Crippen LogP contribution in [-0.2, 0) is 4.79 Å². The van der Waals surface area contributed by atoms with E-state index in [1.54, 1.807) is 37.9 Å². The number of piperidine rings is 1. The first-order chi connectivity index (χ1) is 10.7. The maximum atomic E-state index is 11.5. The van der Waals surface area contributed by atoms with Crippen LogP contribution in [-0.4, -0.2) is 43.8 Å². The van der Waals surface area contributed by atoms with E-state index >= 15 is 0 Å². The first-order valence-corrected chi connectivity index (χ1v) is 7.33. The average molecular weight is 298 g/mol. The molecule has 1 fully saturated rings. The molecule has 0 unspecified atom stereocenters. The standard InChI is InChI=1S/C15H18N6O/c1-11(22)21-6-2-3-12(10-21)13-7-17-9-15(19-13)20-14-8-16-4-5-18-14/h4-5,7-9,12H,2-3,6,10H2,1H3,(H,18,19,20)/t12-/m0/s1. The maximum absolute atomic E-state index is 11.5.